The van der Waals surface area contributed by atoms with Gasteiger partial charge in [0.05, 0.1) is 0 Å². The first-order valence-corrected chi connectivity index (χ1v) is 5.55. The second-order valence-electron chi connectivity index (χ2n) is 3.56. The van der Waals surface area contributed by atoms with Crippen molar-refractivity contribution in [2.75, 3.05) is 0 Å². The highest BCUT2D eigenvalue weighted by molar-refractivity contribution is 9.10. The maximum absolute atomic E-state index is 10.5. The molecule has 2 aromatic rings. The lowest BCUT2D eigenvalue weighted by Crippen LogP contribution is -1.85. The molecule has 0 aliphatic carbocycles. The van der Waals surface area contributed by atoms with Crippen LogP contribution in [-0.2, 0) is 4.79 Å². The molecule has 2 rings (SSSR count). The van der Waals surface area contributed by atoms with E-state index in [1.807, 2.05) is 25.3 Å². The topological polar surface area (TPSA) is 53.1 Å². The summed E-state index contributed by atoms with van der Waals surface area (Å²) in [5.74, 6) is -0.943. The number of carboxylic acid groups (broad SMARTS) is 1. The SMILES string of the molecule is Cc1cc(Br)cc2c(/C=C\C(=O)O)c[nH]c12. The highest BCUT2D eigenvalue weighted by Gasteiger charge is 2.05. The van der Waals surface area contributed by atoms with Crippen molar-refractivity contribution in [1.29, 1.82) is 0 Å². The summed E-state index contributed by atoms with van der Waals surface area (Å²) in [5.41, 5.74) is 3.04. The van der Waals surface area contributed by atoms with Crippen molar-refractivity contribution >= 4 is 38.9 Å². The second kappa shape index (κ2) is 4.14. The number of benzene rings is 1. The van der Waals surface area contributed by atoms with Crippen LogP contribution in [0.25, 0.3) is 17.0 Å². The van der Waals surface area contributed by atoms with Crippen LogP contribution in [0.5, 0.6) is 0 Å². The zero-order valence-corrected chi connectivity index (χ0v) is 10.2. The van der Waals surface area contributed by atoms with E-state index < -0.39 is 5.97 Å². The van der Waals surface area contributed by atoms with Crippen molar-refractivity contribution < 1.29 is 9.90 Å². The number of hydrogen-bond donors (Lipinski definition) is 2. The number of aryl methyl sites for hydroxylation is 1. The van der Waals surface area contributed by atoms with E-state index in [1.54, 1.807) is 6.08 Å². The van der Waals surface area contributed by atoms with Gasteiger partial charge < -0.3 is 10.1 Å². The number of H-pyrrole nitrogens is 1. The van der Waals surface area contributed by atoms with Crippen LogP contribution in [-0.4, -0.2) is 16.1 Å². The van der Waals surface area contributed by atoms with E-state index in [-0.39, 0.29) is 0 Å². The Labute approximate surface area is 101 Å². The van der Waals surface area contributed by atoms with Gasteiger partial charge in [-0.2, -0.15) is 0 Å². The first-order chi connectivity index (χ1) is 7.58. The van der Waals surface area contributed by atoms with Gasteiger partial charge in [0.15, 0.2) is 0 Å². The highest BCUT2D eigenvalue weighted by atomic mass is 79.9. The minimum absolute atomic E-state index is 0.877. The fourth-order valence-corrected chi connectivity index (χ4v) is 2.26. The maximum atomic E-state index is 10.5. The van der Waals surface area contributed by atoms with Crippen molar-refractivity contribution in [2.45, 2.75) is 6.92 Å². The Morgan fingerprint density at radius 1 is 1.50 bits per heavy atom. The van der Waals surface area contributed by atoms with Gasteiger partial charge in [-0.25, -0.2) is 4.79 Å². The van der Waals surface area contributed by atoms with Crippen LogP contribution in [0.3, 0.4) is 0 Å². The van der Waals surface area contributed by atoms with Crippen LogP contribution in [0.4, 0.5) is 0 Å². The number of aromatic nitrogens is 1. The van der Waals surface area contributed by atoms with Crippen LogP contribution in [0.1, 0.15) is 11.1 Å². The molecule has 2 N–H and O–H groups in total. The van der Waals surface area contributed by atoms with Crippen LogP contribution in [0.2, 0.25) is 0 Å². The van der Waals surface area contributed by atoms with Gasteiger partial charge in [-0.15, -0.1) is 0 Å². The Kier molecular flexibility index (Phi) is 2.83. The number of aromatic amines is 1. The average molecular weight is 280 g/mol. The molecule has 1 heterocycles. The molecule has 3 nitrogen and oxygen atoms in total. The van der Waals surface area contributed by atoms with E-state index in [2.05, 4.69) is 20.9 Å². The number of carboxylic acids is 1. The normalized spacial score (nSPS) is 11.4. The standard InChI is InChI=1S/C12H10BrNO2/c1-7-4-9(13)5-10-8(2-3-11(15)16)6-14-12(7)10/h2-6,14H,1H3,(H,15,16)/b3-2-. The summed E-state index contributed by atoms with van der Waals surface area (Å²) in [4.78, 5) is 13.6. The third-order valence-electron chi connectivity index (χ3n) is 2.39. The maximum Gasteiger partial charge on any atom is 0.328 e. The number of nitrogens with one attached hydrogen (secondary N) is 1. The largest absolute Gasteiger partial charge is 0.478 e. The number of carbonyl (C=O) groups is 1. The quantitative estimate of drug-likeness (QED) is 0.829. The Morgan fingerprint density at radius 3 is 2.94 bits per heavy atom. The summed E-state index contributed by atoms with van der Waals surface area (Å²) < 4.78 is 0.988. The number of hydrogen-bond acceptors (Lipinski definition) is 1. The van der Waals surface area contributed by atoms with Gasteiger partial charge in [0, 0.05) is 33.2 Å². The minimum Gasteiger partial charge on any atom is -0.478 e. The Bertz CT molecular complexity index is 584. The van der Waals surface area contributed by atoms with E-state index in [0.717, 1.165) is 32.6 Å². The average Bonchev–Trinajstić information content (AvgIpc) is 2.58. The third-order valence-corrected chi connectivity index (χ3v) is 2.85. The molecule has 0 amide bonds. The molecule has 0 unspecified atom stereocenters. The Morgan fingerprint density at radius 2 is 2.25 bits per heavy atom. The van der Waals surface area contributed by atoms with Gasteiger partial charge >= 0.3 is 5.97 Å². The molecule has 0 saturated heterocycles. The molecular formula is C12H10BrNO2. The number of aliphatic carboxylic acids is 1. The van der Waals surface area contributed by atoms with Crippen LogP contribution >= 0.6 is 15.9 Å². The summed E-state index contributed by atoms with van der Waals surface area (Å²) in [6.45, 7) is 2.01. The molecule has 16 heavy (non-hydrogen) atoms. The molecule has 0 aliphatic rings. The fraction of sp³-hybridized carbons (Fsp3) is 0.0833. The molecule has 0 spiro atoms. The van der Waals surface area contributed by atoms with Gasteiger partial charge in [-0.05, 0) is 30.7 Å². The molecule has 1 aromatic carbocycles. The minimum atomic E-state index is -0.943. The van der Waals surface area contributed by atoms with Crippen LogP contribution in [0.15, 0.2) is 28.9 Å². The van der Waals surface area contributed by atoms with Gasteiger partial charge in [-0.1, -0.05) is 15.9 Å². The summed E-state index contributed by atoms with van der Waals surface area (Å²) in [5, 5.41) is 9.61. The van der Waals surface area contributed by atoms with Crippen LogP contribution < -0.4 is 0 Å². The zero-order chi connectivity index (χ0) is 11.7. The Hall–Kier alpha value is -1.55. The molecule has 0 saturated carbocycles. The van der Waals surface area contributed by atoms with Crippen LogP contribution in [0, 0.1) is 6.92 Å². The van der Waals surface area contributed by atoms with Gasteiger partial charge in [0.25, 0.3) is 0 Å². The smallest absolute Gasteiger partial charge is 0.328 e. The molecule has 0 aliphatic heterocycles. The van der Waals surface area contributed by atoms with Crippen molar-refractivity contribution in [3.63, 3.8) is 0 Å². The number of fused-ring (bicyclic) bond motifs is 1. The monoisotopic (exact) mass is 279 g/mol. The van der Waals surface area contributed by atoms with E-state index in [0.29, 0.717) is 0 Å². The summed E-state index contributed by atoms with van der Waals surface area (Å²) in [6, 6.07) is 3.99. The number of halogens is 1. The lowest BCUT2D eigenvalue weighted by molar-refractivity contribution is -0.131. The molecule has 0 radical (unpaired) electrons. The van der Waals surface area contributed by atoms with E-state index in [1.165, 1.54) is 0 Å². The van der Waals surface area contributed by atoms with E-state index in [9.17, 15) is 4.79 Å². The lowest BCUT2D eigenvalue weighted by Gasteiger charge is -1.98. The Balaban J connectivity index is 2.60. The molecule has 0 bridgehead atoms. The summed E-state index contributed by atoms with van der Waals surface area (Å²) in [6.07, 6.45) is 4.54. The highest BCUT2D eigenvalue weighted by Crippen LogP contribution is 2.26. The summed E-state index contributed by atoms with van der Waals surface area (Å²) >= 11 is 3.43. The second-order valence-corrected chi connectivity index (χ2v) is 4.48. The van der Waals surface area contributed by atoms with Crippen molar-refractivity contribution in [3.05, 3.63) is 40.0 Å². The first kappa shape index (κ1) is 11.0. The molecule has 0 atom stereocenters. The van der Waals surface area contributed by atoms with Gasteiger partial charge in [0.2, 0.25) is 0 Å². The molecule has 82 valence electrons. The lowest BCUT2D eigenvalue weighted by atomic mass is 10.1. The predicted molar refractivity (Wildman–Crippen MR) is 67.4 cm³/mol. The zero-order valence-electron chi connectivity index (χ0n) is 8.62. The van der Waals surface area contributed by atoms with Crippen molar-refractivity contribution in [3.8, 4) is 0 Å². The van der Waals surface area contributed by atoms with E-state index >= 15 is 0 Å². The van der Waals surface area contributed by atoms with Gasteiger partial charge in [0.1, 0.15) is 0 Å². The third kappa shape index (κ3) is 2.02. The van der Waals surface area contributed by atoms with Gasteiger partial charge in [-0.3, -0.25) is 0 Å². The van der Waals surface area contributed by atoms with E-state index in [4.69, 9.17) is 5.11 Å². The van der Waals surface area contributed by atoms with Crippen molar-refractivity contribution in [2.24, 2.45) is 0 Å². The molecule has 1 aromatic heterocycles. The predicted octanol–water partition coefficient (Wildman–Crippen LogP) is 3.34. The molecular weight excluding hydrogens is 270 g/mol. The van der Waals surface area contributed by atoms with Crippen molar-refractivity contribution in [1.82, 2.24) is 4.98 Å². The number of rotatable bonds is 2. The first-order valence-electron chi connectivity index (χ1n) is 4.76. The molecule has 0 fully saturated rings. The fourth-order valence-electron chi connectivity index (χ4n) is 1.69. The summed E-state index contributed by atoms with van der Waals surface area (Å²) in [7, 11) is 0. The molecule has 4 heteroatoms.